The van der Waals surface area contributed by atoms with Gasteiger partial charge >= 0.3 is 6.03 Å². The zero-order valence-corrected chi connectivity index (χ0v) is 15.0. The molecular weight excluding hydrogens is 328 g/mol. The van der Waals surface area contributed by atoms with Gasteiger partial charge in [-0.2, -0.15) is 5.10 Å². The van der Waals surface area contributed by atoms with Crippen molar-refractivity contribution in [3.05, 3.63) is 53.9 Å². The predicted molar refractivity (Wildman–Crippen MR) is 98.7 cm³/mol. The molecule has 1 atom stereocenters. The first-order valence-corrected chi connectivity index (χ1v) is 9.45. The average Bonchev–Trinajstić information content (AvgIpc) is 3.18. The van der Waals surface area contributed by atoms with Crippen LogP contribution in [0.2, 0.25) is 0 Å². The third-order valence-corrected chi connectivity index (χ3v) is 5.05. The predicted octanol–water partition coefficient (Wildman–Crippen LogP) is 2.64. The molecule has 1 aromatic heterocycles. The highest BCUT2D eigenvalue weighted by atomic mass is 16.5. The minimum atomic E-state index is 0.0372. The monoisotopic (exact) mass is 354 g/mol. The third-order valence-electron chi connectivity index (χ3n) is 5.05. The molecule has 4 rings (SSSR count). The molecule has 1 saturated heterocycles. The zero-order valence-electron chi connectivity index (χ0n) is 15.0. The maximum atomic E-state index is 12.6. The summed E-state index contributed by atoms with van der Waals surface area (Å²) < 4.78 is 7.36. The number of ether oxygens (including phenoxy) is 1. The molecule has 1 saturated carbocycles. The largest absolute Gasteiger partial charge is 0.381 e. The van der Waals surface area contributed by atoms with Crippen LogP contribution in [0.3, 0.4) is 0 Å². The lowest BCUT2D eigenvalue weighted by Crippen LogP contribution is -2.43. The minimum Gasteiger partial charge on any atom is -0.381 e. The van der Waals surface area contributed by atoms with E-state index in [2.05, 4.69) is 22.5 Å². The Bertz CT molecular complexity index is 720. The van der Waals surface area contributed by atoms with E-state index in [1.807, 2.05) is 40.2 Å². The molecule has 1 aliphatic heterocycles. The molecule has 6 heteroatoms. The number of carbonyl (C=O) groups is 1. The number of hydrogen-bond donors (Lipinski definition) is 1. The van der Waals surface area contributed by atoms with Gasteiger partial charge in [0.1, 0.15) is 0 Å². The van der Waals surface area contributed by atoms with Crippen LogP contribution in [0.4, 0.5) is 4.79 Å². The molecule has 26 heavy (non-hydrogen) atoms. The van der Waals surface area contributed by atoms with E-state index >= 15 is 0 Å². The van der Waals surface area contributed by atoms with Crippen LogP contribution in [0, 0.1) is 5.92 Å². The Labute approximate surface area is 154 Å². The summed E-state index contributed by atoms with van der Waals surface area (Å²) in [6, 6.07) is 10.7. The molecule has 0 radical (unpaired) electrons. The second-order valence-corrected chi connectivity index (χ2v) is 7.30. The summed E-state index contributed by atoms with van der Waals surface area (Å²) >= 11 is 0. The van der Waals surface area contributed by atoms with Gasteiger partial charge in [0.25, 0.3) is 0 Å². The summed E-state index contributed by atoms with van der Waals surface area (Å²) in [5, 5.41) is 7.46. The number of amides is 2. The Hall–Kier alpha value is -2.34. The van der Waals surface area contributed by atoms with E-state index in [1.54, 1.807) is 0 Å². The molecule has 0 bridgehead atoms. The van der Waals surface area contributed by atoms with Crippen LogP contribution in [-0.4, -0.2) is 46.5 Å². The van der Waals surface area contributed by atoms with Crippen molar-refractivity contribution in [3.8, 4) is 0 Å². The van der Waals surface area contributed by atoms with Gasteiger partial charge in [-0.3, -0.25) is 4.68 Å². The number of nitrogens with one attached hydrogen (secondary N) is 1. The molecule has 6 nitrogen and oxygen atoms in total. The van der Waals surface area contributed by atoms with Crippen LogP contribution >= 0.6 is 0 Å². The van der Waals surface area contributed by atoms with Gasteiger partial charge in [0.05, 0.1) is 19.3 Å². The lowest BCUT2D eigenvalue weighted by molar-refractivity contribution is 0.162. The van der Waals surface area contributed by atoms with Crippen molar-refractivity contribution in [2.75, 3.05) is 19.8 Å². The number of benzene rings is 1. The summed E-state index contributed by atoms with van der Waals surface area (Å²) in [4.78, 5) is 14.6. The van der Waals surface area contributed by atoms with Gasteiger partial charge in [-0.25, -0.2) is 4.79 Å². The van der Waals surface area contributed by atoms with Crippen molar-refractivity contribution in [3.63, 3.8) is 0 Å². The average molecular weight is 354 g/mol. The van der Waals surface area contributed by atoms with E-state index < -0.39 is 0 Å². The Balaban J connectivity index is 1.29. The first-order valence-electron chi connectivity index (χ1n) is 9.45. The number of urea groups is 1. The fraction of sp³-hybridized carbons (Fsp3) is 0.500. The van der Waals surface area contributed by atoms with Crippen LogP contribution in [0.25, 0.3) is 0 Å². The highest BCUT2D eigenvalue weighted by Gasteiger charge is 2.34. The van der Waals surface area contributed by atoms with E-state index in [1.165, 1.54) is 5.56 Å². The minimum absolute atomic E-state index is 0.0372. The van der Waals surface area contributed by atoms with Gasteiger partial charge in [0.2, 0.25) is 0 Å². The molecule has 2 fully saturated rings. The van der Waals surface area contributed by atoms with E-state index in [0.717, 1.165) is 51.1 Å². The molecule has 2 heterocycles. The van der Waals surface area contributed by atoms with Gasteiger partial charge < -0.3 is 15.0 Å². The maximum absolute atomic E-state index is 12.6. The molecular formula is C20H26N4O2. The van der Waals surface area contributed by atoms with Gasteiger partial charge in [0.15, 0.2) is 0 Å². The van der Waals surface area contributed by atoms with Crippen LogP contribution in [0.1, 0.15) is 30.4 Å². The molecule has 2 amide bonds. The summed E-state index contributed by atoms with van der Waals surface area (Å²) in [5.41, 5.74) is 2.24. The molecule has 1 aliphatic carbocycles. The summed E-state index contributed by atoms with van der Waals surface area (Å²) in [7, 11) is 0. The second kappa shape index (κ2) is 7.91. The summed E-state index contributed by atoms with van der Waals surface area (Å²) in [5.74, 6) is 0.481. The molecule has 1 unspecified atom stereocenters. The van der Waals surface area contributed by atoms with Crippen molar-refractivity contribution in [2.45, 2.75) is 38.4 Å². The summed E-state index contributed by atoms with van der Waals surface area (Å²) in [6.45, 7) is 3.67. The smallest absolute Gasteiger partial charge is 0.317 e. The third kappa shape index (κ3) is 4.43. The number of carbonyl (C=O) groups excluding carboxylic acids is 1. The van der Waals surface area contributed by atoms with Gasteiger partial charge in [-0.15, -0.1) is 0 Å². The standard InChI is InChI=1S/C20H26N4O2/c25-20(24(19-6-7-19)14-17-8-9-26-15-17)21-10-18-11-22-23(13-18)12-16-4-2-1-3-5-16/h1-5,11,13,17,19H,6-10,12,14-15H2,(H,21,25). The van der Waals surface area contributed by atoms with Gasteiger partial charge in [-0.05, 0) is 24.8 Å². The SMILES string of the molecule is O=C(NCc1cnn(Cc2ccccc2)c1)N(CC1CCOC1)C1CC1. The van der Waals surface area contributed by atoms with E-state index in [-0.39, 0.29) is 6.03 Å². The molecule has 2 aromatic rings. The number of rotatable bonds is 7. The molecule has 1 N–H and O–H groups in total. The van der Waals surface area contributed by atoms with Crippen molar-refractivity contribution in [2.24, 2.45) is 5.92 Å². The highest BCUT2D eigenvalue weighted by Crippen LogP contribution is 2.29. The normalized spacial score (nSPS) is 19.5. The zero-order chi connectivity index (χ0) is 17.8. The van der Waals surface area contributed by atoms with E-state index in [0.29, 0.717) is 18.5 Å². The lowest BCUT2D eigenvalue weighted by atomic mass is 10.1. The fourth-order valence-corrected chi connectivity index (χ4v) is 3.42. The topological polar surface area (TPSA) is 59.4 Å². The Kier molecular flexibility index (Phi) is 5.20. The van der Waals surface area contributed by atoms with E-state index in [4.69, 9.17) is 4.74 Å². The first-order chi connectivity index (χ1) is 12.8. The van der Waals surface area contributed by atoms with Gasteiger partial charge in [-0.1, -0.05) is 30.3 Å². The van der Waals surface area contributed by atoms with Crippen LogP contribution in [0.5, 0.6) is 0 Å². The van der Waals surface area contributed by atoms with Crippen LogP contribution in [-0.2, 0) is 17.8 Å². The van der Waals surface area contributed by atoms with Crippen molar-refractivity contribution < 1.29 is 9.53 Å². The Morgan fingerprint density at radius 3 is 2.81 bits per heavy atom. The molecule has 0 spiro atoms. The summed E-state index contributed by atoms with van der Waals surface area (Å²) in [6.07, 6.45) is 7.13. The molecule has 2 aliphatic rings. The van der Waals surface area contributed by atoms with Crippen LogP contribution < -0.4 is 5.32 Å². The van der Waals surface area contributed by atoms with Crippen LogP contribution in [0.15, 0.2) is 42.7 Å². The quantitative estimate of drug-likeness (QED) is 0.832. The Morgan fingerprint density at radius 2 is 2.08 bits per heavy atom. The second-order valence-electron chi connectivity index (χ2n) is 7.30. The number of nitrogens with zero attached hydrogens (tertiary/aromatic N) is 3. The molecule has 1 aromatic carbocycles. The molecule has 138 valence electrons. The fourth-order valence-electron chi connectivity index (χ4n) is 3.42. The lowest BCUT2D eigenvalue weighted by Gasteiger charge is -2.25. The van der Waals surface area contributed by atoms with Crippen molar-refractivity contribution in [1.82, 2.24) is 20.0 Å². The maximum Gasteiger partial charge on any atom is 0.317 e. The number of aromatic nitrogens is 2. The highest BCUT2D eigenvalue weighted by molar-refractivity contribution is 5.74. The van der Waals surface area contributed by atoms with Crippen molar-refractivity contribution >= 4 is 6.03 Å². The first kappa shape index (κ1) is 17.1. The van der Waals surface area contributed by atoms with Crippen molar-refractivity contribution in [1.29, 1.82) is 0 Å². The van der Waals surface area contributed by atoms with E-state index in [9.17, 15) is 4.79 Å². The number of hydrogen-bond acceptors (Lipinski definition) is 3. The van der Waals surface area contributed by atoms with Gasteiger partial charge in [0, 0.05) is 43.4 Å². The Morgan fingerprint density at radius 1 is 1.23 bits per heavy atom.